The fourth-order valence-electron chi connectivity index (χ4n) is 4.83. The van der Waals surface area contributed by atoms with Crippen LogP contribution < -0.4 is 10.3 Å². The number of para-hydroxylation sites is 3. The van der Waals surface area contributed by atoms with Gasteiger partial charge >= 0.3 is 0 Å². The molecular weight excluding hydrogens is 488 g/mol. The van der Waals surface area contributed by atoms with Crippen LogP contribution in [0.5, 0.6) is 5.75 Å². The molecule has 0 bridgehead atoms. The van der Waals surface area contributed by atoms with Crippen LogP contribution in [0.2, 0.25) is 5.02 Å². The van der Waals surface area contributed by atoms with Crippen molar-refractivity contribution in [3.05, 3.63) is 99.6 Å². The van der Waals surface area contributed by atoms with E-state index in [0.717, 1.165) is 0 Å². The first-order chi connectivity index (χ1) is 18.0. The van der Waals surface area contributed by atoms with Crippen LogP contribution in [-0.4, -0.2) is 58.0 Å². The van der Waals surface area contributed by atoms with Crippen LogP contribution in [-0.2, 0) is 0 Å². The van der Waals surface area contributed by atoms with E-state index in [1.165, 1.54) is 0 Å². The van der Waals surface area contributed by atoms with E-state index in [1.807, 2.05) is 54.3 Å². The van der Waals surface area contributed by atoms with Crippen molar-refractivity contribution in [2.24, 2.45) is 0 Å². The van der Waals surface area contributed by atoms with Gasteiger partial charge in [-0.3, -0.25) is 19.1 Å². The van der Waals surface area contributed by atoms with Crippen LogP contribution in [0.15, 0.2) is 77.6 Å². The summed E-state index contributed by atoms with van der Waals surface area (Å²) in [5.41, 5.74) is 1.83. The van der Waals surface area contributed by atoms with E-state index in [0.29, 0.717) is 71.5 Å². The number of nitrogens with zero attached hydrogens (tertiary/aromatic N) is 4. The van der Waals surface area contributed by atoms with Crippen LogP contribution in [0.3, 0.4) is 0 Å². The minimum absolute atomic E-state index is 0.00431. The molecule has 1 unspecified atom stereocenters. The Hall–Kier alpha value is -3.68. The normalized spacial score (nSPS) is 15.1. The highest BCUT2D eigenvalue weighted by molar-refractivity contribution is 6.30. The maximum absolute atomic E-state index is 13.8. The van der Waals surface area contributed by atoms with Crippen molar-refractivity contribution in [3.63, 3.8) is 0 Å². The van der Waals surface area contributed by atoms with Gasteiger partial charge in [-0.1, -0.05) is 35.9 Å². The number of piperazine rings is 1. The van der Waals surface area contributed by atoms with Gasteiger partial charge in [-0.25, -0.2) is 4.98 Å². The third-order valence-electron chi connectivity index (χ3n) is 6.82. The number of hydrogen-bond acceptors (Lipinski definition) is 5. The van der Waals surface area contributed by atoms with E-state index < -0.39 is 0 Å². The Kier molecular flexibility index (Phi) is 7.26. The van der Waals surface area contributed by atoms with Crippen LogP contribution in [0.1, 0.15) is 36.1 Å². The quantitative estimate of drug-likeness (QED) is 0.362. The van der Waals surface area contributed by atoms with Crippen molar-refractivity contribution < 1.29 is 9.53 Å². The number of ether oxygens (including phenoxy) is 1. The molecule has 1 aliphatic rings. The van der Waals surface area contributed by atoms with Crippen LogP contribution in [0, 0.1) is 0 Å². The molecule has 8 heteroatoms. The summed E-state index contributed by atoms with van der Waals surface area (Å²) in [6.45, 7) is 6.96. The summed E-state index contributed by atoms with van der Waals surface area (Å²) in [7, 11) is 0. The smallest absolute Gasteiger partial charge is 0.266 e. The van der Waals surface area contributed by atoms with Gasteiger partial charge in [0, 0.05) is 36.8 Å². The second-order valence-electron chi connectivity index (χ2n) is 9.04. The van der Waals surface area contributed by atoms with Gasteiger partial charge in [-0.05, 0) is 62.4 Å². The SMILES string of the molecule is CCOc1ccccc1-n1c(C(C)N2CCN(C(=O)c3ccc(Cl)cc3)CC2)nc2ccccc2c1=O. The third-order valence-corrected chi connectivity index (χ3v) is 7.07. The zero-order valence-electron chi connectivity index (χ0n) is 20.9. The standard InChI is InChI=1S/C29H29ClN4O3/c1-3-37-26-11-7-6-10-25(26)34-27(31-24-9-5-4-8-23(24)29(34)36)20(2)32-16-18-33(19-17-32)28(35)21-12-14-22(30)15-13-21/h4-15,20H,3,16-19H2,1-2H3. The molecule has 0 aliphatic carbocycles. The lowest BCUT2D eigenvalue weighted by atomic mass is 10.1. The van der Waals surface area contributed by atoms with Crippen molar-refractivity contribution in [2.75, 3.05) is 32.8 Å². The summed E-state index contributed by atoms with van der Waals surface area (Å²) < 4.78 is 7.56. The van der Waals surface area contributed by atoms with Gasteiger partial charge in [0.25, 0.3) is 11.5 Å². The lowest BCUT2D eigenvalue weighted by Crippen LogP contribution is -2.50. The van der Waals surface area contributed by atoms with Gasteiger partial charge in [0.05, 0.1) is 29.2 Å². The Morgan fingerprint density at radius 1 is 0.973 bits per heavy atom. The number of aromatic nitrogens is 2. The van der Waals surface area contributed by atoms with Gasteiger partial charge in [-0.2, -0.15) is 0 Å². The summed E-state index contributed by atoms with van der Waals surface area (Å²) >= 11 is 5.98. The number of hydrogen-bond donors (Lipinski definition) is 0. The molecule has 1 aromatic heterocycles. The second-order valence-corrected chi connectivity index (χ2v) is 9.48. The van der Waals surface area contributed by atoms with Crippen molar-refractivity contribution in [1.82, 2.24) is 19.4 Å². The van der Waals surface area contributed by atoms with E-state index in [9.17, 15) is 9.59 Å². The van der Waals surface area contributed by atoms with E-state index in [1.54, 1.807) is 34.9 Å². The van der Waals surface area contributed by atoms with Crippen molar-refractivity contribution in [3.8, 4) is 11.4 Å². The number of carbonyl (C=O) groups excluding carboxylic acids is 1. The molecule has 1 saturated heterocycles. The monoisotopic (exact) mass is 516 g/mol. The highest BCUT2D eigenvalue weighted by Crippen LogP contribution is 2.28. The molecule has 3 aromatic carbocycles. The maximum atomic E-state index is 13.8. The number of amides is 1. The van der Waals surface area contributed by atoms with Crippen molar-refractivity contribution in [1.29, 1.82) is 0 Å². The molecule has 1 atom stereocenters. The molecule has 0 saturated carbocycles. The van der Waals surface area contributed by atoms with Gasteiger partial charge < -0.3 is 9.64 Å². The van der Waals surface area contributed by atoms with Crippen LogP contribution >= 0.6 is 11.6 Å². The molecule has 37 heavy (non-hydrogen) atoms. The zero-order valence-corrected chi connectivity index (χ0v) is 21.7. The number of benzene rings is 3. The molecule has 190 valence electrons. The summed E-state index contributed by atoms with van der Waals surface area (Å²) in [6.07, 6.45) is 0. The first kappa shape index (κ1) is 25.0. The van der Waals surface area contributed by atoms with Gasteiger partial charge in [0.1, 0.15) is 11.6 Å². The number of carbonyl (C=O) groups is 1. The zero-order chi connectivity index (χ0) is 25.9. The molecule has 0 radical (unpaired) electrons. The van der Waals surface area contributed by atoms with Crippen molar-refractivity contribution in [2.45, 2.75) is 19.9 Å². The third kappa shape index (κ3) is 4.97. The molecule has 0 N–H and O–H groups in total. The van der Waals surface area contributed by atoms with Crippen LogP contribution in [0.25, 0.3) is 16.6 Å². The molecule has 1 fully saturated rings. The number of halogens is 1. The molecule has 5 rings (SSSR count). The summed E-state index contributed by atoms with van der Waals surface area (Å²) in [5, 5.41) is 1.16. The Morgan fingerprint density at radius 3 is 2.38 bits per heavy atom. The predicted molar refractivity (Wildman–Crippen MR) is 146 cm³/mol. The highest BCUT2D eigenvalue weighted by Gasteiger charge is 2.29. The summed E-state index contributed by atoms with van der Waals surface area (Å²) in [4.78, 5) is 35.9. The highest BCUT2D eigenvalue weighted by atomic mass is 35.5. The topological polar surface area (TPSA) is 67.7 Å². The largest absolute Gasteiger partial charge is 0.492 e. The Balaban J connectivity index is 1.47. The maximum Gasteiger partial charge on any atom is 0.266 e. The lowest BCUT2D eigenvalue weighted by molar-refractivity contribution is 0.0573. The average Bonchev–Trinajstić information content (AvgIpc) is 2.93. The first-order valence-electron chi connectivity index (χ1n) is 12.5. The van der Waals surface area contributed by atoms with Gasteiger partial charge in [-0.15, -0.1) is 0 Å². The Morgan fingerprint density at radius 2 is 1.65 bits per heavy atom. The van der Waals surface area contributed by atoms with E-state index in [-0.39, 0.29) is 17.5 Å². The van der Waals surface area contributed by atoms with Crippen molar-refractivity contribution >= 4 is 28.4 Å². The fourth-order valence-corrected chi connectivity index (χ4v) is 4.96. The second kappa shape index (κ2) is 10.7. The van der Waals surface area contributed by atoms with Gasteiger partial charge in [0.15, 0.2) is 0 Å². The molecule has 1 aliphatic heterocycles. The fraction of sp³-hybridized carbons (Fsp3) is 0.276. The minimum atomic E-state index is -0.167. The lowest BCUT2D eigenvalue weighted by Gasteiger charge is -2.38. The van der Waals surface area contributed by atoms with Gasteiger partial charge in [0.2, 0.25) is 0 Å². The molecule has 4 aromatic rings. The number of rotatable bonds is 6. The molecule has 1 amide bonds. The number of fused-ring (bicyclic) bond motifs is 1. The Bertz CT molecular complexity index is 1480. The minimum Gasteiger partial charge on any atom is -0.492 e. The summed E-state index contributed by atoms with van der Waals surface area (Å²) in [5.74, 6) is 1.28. The molecule has 2 heterocycles. The van der Waals surface area contributed by atoms with Crippen LogP contribution in [0.4, 0.5) is 0 Å². The molecule has 0 spiro atoms. The van der Waals surface area contributed by atoms with E-state index >= 15 is 0 Å². The van der Waals surface area contributed by atoms with E-state index in [2.05, 4.69) is 11.8 Å². The Labute approximate surface area is 220 Å². The summed E-state index contributed by atoms with van der Waals surface area (Å²) in [6, 6.07) is 21.8. The first-order valence-corrected chi connectivity index (χ1v) is 12.9. The molecule has 7 nitrogen and oxygen atoms in total. The van der Waals surface area contributed by atoms with E-state index in [4.69, 9.17) is 21.3 Å². The predicted octanol–water partition coefficient (Wildman–Crippen LogP) is 4.96. The molecular formula is C29H29ClN4O3. The average molecular weight is 517 g/mol.